The molecule has 2 rings (SSSR count). The zero-order valence-electron chi connectivity index (χ0n) is 8.34. The molecule has 1 aromatic rings. The van der Waals surface area contributed by atoms with Crippen LogP contribution in [0.3, 0.4) is 0 Å². The molecule has 0 aliphatic carbocycles. The molecule has 15 heavy (non-hydrogen) atoms. The van der Waals surface area contributed by atoms with Crippen molar-refractivity contribution >= 4 is 62.6 Å². The van der Waals surface area contributed by atoms with E-state index in [0.717, 1.165) is 0 Å². The van der Waals surface area contributed by atoms with Gasteiger partial charge in [0.2, 0.25) is 0 Å². The fourth-order valence-electron chi connectivity index (χ4n) is 1.33. The summed E-state index contributed by atoms with van der Waals surface area (Å²) in [5.41, 5.74) is 2.53. The van der Waals surface area contributed by atoms with Crippen LogP contribution < -0.4 is 4.90 Å². The van der Waals surface area contributed by atoms with Crippen LogP contribution >= 0.6 is 56.9 Å². The highest BCUT2D eigenvalue weighted by atomic mass is 127. The number of para-hydroxylation sites is 1. The van der Waals surface area contributed by atoms with E-state index in [9.17, 15) is 0 Å². The van der Waals surface area contributed by atoms with Crippen molar-refractivity contribution in [1.82, 2.24) is 0 Å². The van der Waals surface area contributed by atoms with E-state index in [0.29, 0.717) is 0 Å². The van der Waals surface area contributed by atoms with Gasteiger partial charge in [0.15, 0.2) is 5.88 Å². The zero-order valence-corrected chi connectivity index (χ0v) is 13.5. The lowest BCUT2D eigenvalue weighted by Gasteiger charge is -2.21. The lowest BCUT2D eigenvalue weighted by molar-refractivity contribution is 1.12. The van der Waals surface area contributed by atoms with E-state index in [1.807, 2.05) is 0 Å². The predicted octanol–water partition coefficient (Wildman–Crippen LogP) is 4.70. The molecule has 1 aliphatic rings. The highest BCUT2D eigenvalue weighted by Crippen LogP contribution is 2.41. The van der Waals surface area contributed by atoms with Gasteiger partial charge in [-0.15, -0.1) is 0 Å². The topological polar surface area (TPSA) is 3.24 Å². The standard InChI is InChI=1S/C11H9I2NS/c1-7-8(2)15-6-14(7)11-9(12)4-3-5-10(11)13/h3-5H,1-2H3. The Hall–Kier alpha value is 0.570. The van der Waals surface area contributed by atoms with E-state index in [1.165, 1.54) is 23.4 Å². The molecule has 0 N–H and O–H groups in total. The van der Waals surface area contributed by atoms with Gasteiger partial charge in [-0.2, -0.15) is 0 Å². The first-order valence-electron chi connectivity index (χ1n) is 4.45. The molecule has 0 fully saturated rings. The maximum atomic E-state index is 3.32. The number of benzene rings is 1. The molecule has 4 heteroatoms. The van der Waals surface area contributed by atoms with Crippen molar-refractivity contribution in [2.75, 3.05) is 4.90 Å². The summed E-state index contributed by atoms with van der Waals surface area (Å²) in [5.74, 6) is 3.32. The summed E-state index contributed by atoms with van der Waals surface area (Å²) in [5, 5.41) is 0. The fraction of sp³-hybridized carbons (Fsp3) is 0.182. The van der Waals surface area contributed by atoms with E-state index in [1.54, 1.807) is 11.8 Å². The number of hydrogen-bond donors (Lipinski definition) is 0. The van der Waals surface area contributed by atoms with E-state index in [2.05, 4.69) is 88.0 Å². The van der Waals surface area contributed by atoms with Crippen molar-refractivity contribution in [1.29, 1.82) is 0 Å². The molecule has 0 bridgehead atoms. The number of halogens is 2. The maximum absolute atomic E-state index is 3.32. The molecule has 0 saturated heterocycles. The third kappa shape index (κ3) is 2.31. The third-order valence-electron chi connectivity index (χ3n) is 2.30. The highest BCUT2D eigenvalue weighted by molar-refractivity contribution is 14.1. The van der Waals surface area contributed by atoms with Crippen molar-refractivity contribution in [3.63, 3.8) is 0 Å². The summed E-state index contributed by atoms with van der Waals surface area (Å²) in [7, 11) is 0. The molecule has 2 radical (unpaired) electrons. The minimum Gasteiger partial charge on any atom is -0.321 e. The molecule has 0 amide bonds. The minimum atomic E-state index is 1.25. The monoisotopic (exact) mass is 441 g/mol. The number of hydrogen-bond acceptors (Lipinski definition) is 2. The second-order valence-corrected chi connectivity index (χ2v) is 6.56. The molecule has 0 aromatic heterocycles. The fourth-order valence-corrected chi connectivity index (χ4v) is 4.02. The number of anilines is 1. The van der Waals surface area contributed by atoms with Crippen LogP contribution in [0.1, 0.15) is 13.8 Å². The number of nitrogens with zero attached hydrogens (tertiary/aromatic N) is 1. The second-order valence-electron chi connectivity index (χ2n) is 3.24. The molecule has 0 saturated carbocycles. The van der Waals surface area contributed by atoms with Gasteiger partial charge in [-0.3, -0.25) is 0 Å². The van der Waals surface area contributed by atoms with Crippen molar-refractivity contribution in [3.8, 4) is 0 Å². The first kappa shape index (κ1) is 12.0. The lowest BCUT2D eigenvalue weighted by Crippen LogP contribution is -2.14. The average Bonchev–Trinajstić information content (AvgIpc) is 2.49. The molecule has 0 spiro atoms. The number of thioether (sulfide) groups is 1. The Balaban J connectivity index is 2.47. The van der Waals surface area contributed by atoms with Gasteiger partial charge in [0.25, 0.3) is 0 Å². The Labute approximate surface area is 122 Å². The van der Waals surface area contributed by atoms with Crippen LogP contribution in [0.4, 0.5) is 5.69 Å². The Morgan fingerprint density at radius 2 is 1.80 bits per heavy atom. The zero-order chi connectivity index (χ0) is 11.0. The van der Waals surface area contributed by atoms with Crippen LogP contribution in [-0.4, -0.2) is 0 Å². The van der Waals surface area contributed by atoms with E-state index < -0.39 is 0 Å². The maximum Gasteiger partial charge on any atom is 0.169 e. The van der Waals surface area contributed by atoms with Gasteiger partial charge in [-0.1, -0.05) is 17.8 Å². The Kier molecular flexibility index (Phi) is 3.88. The smallest absolute Gasteiger partial charge is 0.169 e. The summed E-state index contributed by atoms with van der Waals surface area (Å²) < 4.78 is 2.53. The predicted molar refractivity (Wildman–Crippen MR) is 83.6 cm³/mol. The van der Waals surface area contributed by atoms with Gasteiger partial charge in [0, 0.05) is 17.7 Å². The van der Waals surface area contributed by atoms with E-state index in [4.69, 9.17) is 0 Å². The van der Waals surface area contributed by atoms with Crippen LogP contribution in [0.2, 0.25) is 0 Å². The van der Waals surface area contributed by atoms with Crippen LogP contribution in [0, 0.1) is 13.0 Å². The normalized spacial score (nSPS) is 16.4. The quantitative estimate of drug-likeness (QED) is 0.582. The van der Waals surface area contributed by atoms with Crippen molar-refractivity contribution in [2.24, 2.45) is 0 Å². The Morgan fingerprint density at radius 1 is 1.20 bits per heavy atom. The number of rotatable bonds is 1. The summed E-state index contributed by atoms with van der Waals surface area (Å²) >= 11 is 6.42. The summed E-state index contributed by atoms with van der Waals surface area (Å²) in [6.45, 7) is 4.27. The van der Waals surface area contributed by atoms with E-state index in [-0.39, 0.29) is 0 Å². The van der Waals surface area contributed by atoms with Crippen molar-refractivity contribution in [2.45, 2.75) is 13.8 Å². The highest BCUT2D eigenvalue weighted by Gasteiger charge is 2.23. The SMILES string of the molecule is CC1=C(C)N(c2c(I)cccc2I)[C]S1. The van der Waals surface area contributed by atoms with E-state index >= 15 is 0 Å². The molecule has 1 nitrogen and oxygen atoms in total. The molecule has 0 atom stereocenters. The molecular formula is C11H9I2NS. The molecule has 1 heterocycles. The minimum absolute atomic E-state index is 1.25. The summed E-state index contributed by atoms with van der Waals surface area (Å²) in [6, 6.07) is 6.35. The van der Waals surface area contributed by atoms with Gasteiger partial charge in [0.1, 0.15) is 0 Å². The molecule has 1 aromatic carbocycles. The van der Waals surface area contributed by atoms with Gasteiger partial charge in [0.05, 0.1) is 5.69 Å². The van der Waals surface area contributed by atoms with Gasteiger partial charge in [-0.25, -0.2) is 0 Å². The van der Waals surface area contributed by atoms with Gasteiger partial charge in [-0.05, 0) is 71.2 Å². The van der Waals surface area contributed by atoms with Crippen LogP contribution in [0.25, 0.3) is 0 Å². The van der Waals surface area contributed by atoms with Crippen LogP contribution in [0.5, 0.6) is 0 Å². The average molecular weight is 441 g/mol. The lowest BCUT2D eigenvalue weighted by atomic mass is 10.3. The van der Waals surface area contributed by atoms with Crippen molar-refractivity contribution < 1.29 is 0 Å². The largest absolute Gasteiger partial charge is 0.321 e. The van der Waals surface area contributed by atoms with Crippen molar-refractivity contribution in [3.05, 3.63) is 41.8 Å². The van der Waals surface area contributed by atoms with Crippen LogP contribution in [0.15, 0.2) is 28.8 Å². The first-order valence-corrected chi connectivity index (χ1v) is 7.43. The molecule has 0 unspecified atom stereocenters. The molecule has 78 valence electrons. The second kappa shape index (κ2) is 4.83. The summed E-state index contributed by atoms with van der Waals surface area (Å²) in [4.78, 5) is 3.48. The third-order valence-corrected chi connectivity index (χ3v) is 4.91. The Bertz CT molecular complexity index is 408. The summed E-state index contributed by atoms with van der Waals surface area (Å²) in [6.07, 6.45) is 0. The van der Waals surface area contributed by atoms with Gasteiger partial charge >= 0.3 is 0 Å². The Morgan fingerprint density at radius 3 is 2.27 bits per heavy atom. The van der Waals surface area contributed by atoms with Gasteiger partial charge < -0.3 is 4.90 Å². The molecule has 1 aliphatic heterocycles. The first-order chi connectivity index (χ1) is 7.11. The van der Waals surface area contributed by atoms with Crippen LogP contribution in [-0.2, 0) is 0 Å². The molecular weight excluding hydrogens is 432 g/mol. The number of allylic oxidation sites excluding steroid dienone is 2.